The fraction of sp³-hybridized carbons (Fsp3) is 0. The number of carbonyl (C=O) groups excluding carboxylic acids is 1. The lowest BCUT2D eigenvalue weighted by atomic mass is 10.1. The number of benzene rings is 2. The number of halogens is 2. The van der Waals surface area contributed by atoms with Crippen LogP contribution < -0.4 is 11.1 Å². The molecule has 0 bridgehead atoms. The van der Waals surface area contributed by atoms with Gasteiger partial charge in [0, 0.05) is 31.7 Å². The second kappa shape index (κ2) is 5.54. The van der Waals surface area contributed by atoms with Crippen LogP contribution in [0.2, 0.25) is 0 Å². The molecule has 2 aromatic carbocycles. The number of nitrogens with two attached hydrogens (primary N) is 1. The van der Waals surface area contributed by atoms with Crippen molar-refractivity contribution in [2.24, 2.45) is 0 Å². The van der Waals surface area contributed by atoms with Crippen molar-refractivity contribution in [2.75, 3.05) is 11.1 Å². The molecule has 0 saturated heterocycles. The Morgan fingerprint density at radius 3 is 2.57 bits per heavy atom. The van der Waals surface area contributed by atoms with Gasteiger partial charge in [0.1, 0.15) is 0 Å². The number of H-pyrrole nitrogens is 1. The first-order valence-corrected chi connectivity index (χ1v) is 7.77. The van der Waals surface area contributed by atoms with Gasteiger partial charge in [0.2, 0.25) is 0 Å². The van der Waals surface area contributed by atoms with Gasteiger partial charge in [0.05, 0.1) is 11.3 Å². The van der Waals surface area contributed by atoms with Crippen molar-refractivity contribution in [1.29, 1.82) is 0 Å². The number of aromatic amines is 1. The Balaban J connectivity index is 2.00. The van der Waals surface area contributed by atoms with Gasteiger partial charge in [-0.25, -0.2) is 0 Å². The smallest absolute Gasteiger partial charge is 0.257 e. The lowest BCUT2D eigenvalue weighted by molar-refractivity contribution is 0.102. The largest absolute Gasteiger partial charge is 0.399 e. The topological polar surface area (TPSA) is 70.9 Å². The molecular weight excluding hydrogens is 398 g/mol. The zero-order valence-corrected chi connectivity index (χ0v) is 14.0. The van der Waals surface area contributed by atoms with Crippen molar-refractivity contribution < 1.29 is 4.79 Å². The molecule has 106 valence electrons. The Labute approximate surface area is 138 Å². The summed E-state index contributed by atoms with van der Waals surface area (Å²) in [5.41, 5.74) is 8.54. The van der Waals surface area contributed by atoms with Crippen molar-refractivity contribution in [3.8, 4) is 0 Å². The van der Waals surface area contributed by atoms with E-state index in [9.17, 15) is 4.79 Å². The fourth-order valence-electron chi connectivity index (χ4n) is 2.12. The third-order valence-electron chi connectivity index (χ3n) is 3.15. The van der Waals surface area contributed by atoms with Crippen LogP contribution in [0.15, 0.2) is 51.5 Å². The summed E-state index contributed by atoms with van der Waals surface area (Å²) in [6.45, 7) is 0. The van der Waals surface area contributed by atoms with Gasteiger partial charge in [0.15, 0.2) is 0 Å². The summed E-state index contributed by atoms with van der Waals surface area (Å²) < 4.78 is 1.62. The predicted molar refractivity (Wildman–Crippen MR) is 92.5 cm³/mol. The Morgan fingerprint density at radius 2 is 1.86 bits per heavy atom. The Morgan fingerprint density at radius 1 is 1.14 bits per heavy atom. The number of para-hydroxylation sites is 1. The summed E-state index contributed by atoms with van der Waals surface area (Å²) >= 11 is 6.86. The molecule has 0 aliphatic carbocycles. The molecule has 4 N–H and O–H groups in total. The number of rotatable bonds is 2. The standard InChI is InChI=1S/C15H11Br2N3O/c16-11-2-1-3-12(17)14(11)20-15(21)10-7-19-13-5-4-8(18)6-9(10)13/h1-7,19H,18H2,(H,20,21). The Kier molecular flexibility index (Phi) is 3.73. The molecule has 4 nitrogen and oxygen atoms in total. The summed E-state index contributed by atoms with van der Waals surface area (Å²) in [6.07, 6.45) is 1.68. The van der Waals surface area contributed by atoms with Crippen LogP contribution in [-0.2, 0) is 0 Å². The van der Waals surface area contributed by atoms with Gasteiger partial charge in [-0.1, -0.05) is 6.07 Å². The highest BCUT2D eigenvalue weighted by atomic mass is 79.9. The summed E-state index contributed by atoms with van der Waals surface area (Å²) in [6, 6.07) is 11.1. The quantitative estimate of drug-likeness (QED) is 0.545. The lowest BCUT2D eigenvalue weighted by Gasteiger charge is -2.09. The minimum atomic E-state index is -0.195. The minimum Gasteiger partial charge on any atom is -0.399 e. The number of nitrogens with one attached hydrogen (secondary N) is 2. The second-order valence-corrected chi connectivity index (χ2v) is 6.27. The summed E-state index contributed by atoms with van der Waals surface area (Å²) in [4.78, 5) is 15.6. The van der Waals surface area contributed by atoms with Crippen LogP contribution >= 0.6 is 31.9 Å². The molecule has 0 atom stereocenters. The van der Waals surface area contributed by atoms with Crippen LogP contribution in [0, 0.1) is 0 Å². The van der Waals surface area contributed by atoms with E-state index in [1.165, 1.54) is 0 Å². The van der Waals surface area contributed by atoms with Crippen LogP contribution in [0.4, 0.5) is 11.4 Å². The maximum atomic E-state index is 12.5. The van der Waals surface area contributed by atoms with Crippen LogP contribution in [0.3, 0.4) is 0 Å². The maximum Gasteiger partial charge on any atom is 0.257 e. The molecule has 3 aromatic rings. The normalized spacial score (nSPS) is 10.8. The number of hydrogen-bond acceptors (Lipinski definition) is 2. The van der Waals surface area contributed by atoms with Gasteiger partial charge >= 0.3 is 0 Å². The number of anilines is 2. The molecule has 0 radical (unpaired) electrons. The predicted octanol–water partition coefficient (Wildman–Crippen LogP) is 4.53. The highest BCUT2D eigenvalue weighted by Crippen LogP contribution is 2.31. The number of fused-ring (bicyclic) bond motifs is 1. The van der Waals surface area contributed by atoms with Crippen molar-refractivity contribution >= 4 is 60.0 Å². The van der Waals surface area contributed by atoms with E-state index in [-0.39, 0.29) is 5.91 Å². The van der Waals surface area contributed by atoms with Crippen LogP contribution in [0.1, 0.15) is 10.4 Å². The number of carbonyl (C=O) groups is 1. The van der Waals surface area contributed by atoms with E-state index in [1.54, 1.807) is 18.3 Å². The van der Waals surface area contributed by atoms with Gasteiger partial charge in [-0.15, -0.1) is 0 Å². The highest BCUT2D eigenvalue weighted by Gasteiger charge is 2.15. The maximum absolute atomic E-state index is 12.5. The van der Waals surface area contributed by atoms with E-state index >= 15 is 0 Å². The molecule has 0 aliphatic rings. The van der Waals surface area contributed by atoms with Gasteiger partial charge < -0.3 is 16.0 Å². The SMILES string of the molecule is Nc1ccc2[nH]cc(C(=O)Nc3c(Br)cccc3Br)c2c1. The Hall–Kier alpha value is -1.79. The first-order valence-electron chi connectivity index (χ1n) is 6.18. The number of amides is 1. The van der Waals surface area contributed by atoms with E-state index < -0.39 is 0 Å². The fourth-order valence-corrected chi connectivity index (χ4v) is 3.32. The van der Waals surface area contributed by atoms with Crippen molar-refractivity contribution in [3.05, 3.63) is 57.1 Å². The molecule has 1 amide bonds. The molecule has 0 fully saturated rings. The van der Waals surface area contributed by atoms with Gasteiger partial charge in [-0.05, 0) is 62.2 Å². The van der Waals surface area contributed by atoms with Crippen LogP contribution in [0.25, 0.3) is 10.9 Å². The molecule has 1 aromatic heterocycles. The molecule has 1 heterocycles. The molecule has 0 spiro atoms. The molecule has 0 saturated carbocycles. The van der Waals surface area contributed by atoms with Crippen molar-refractivity contribution in [2.45, 2.75) is 0 Å². The third kappa shape index (κ3) is 2.69. The van der Waals surface area contributed by atoms with Gasteiger partial charge in [-0.2, -0.15) is 0 Å². The van der Waals surface area contributed by atoms with E-state index in [0.29, 0.717) is 16.9 Å². The number of nitrogen functional groups attached to an aromatic ring is 1. The van der Waals surface area contributed by atoms with Crippen LogP contribution in [-0.4, -0.2) is 10.9 Å². The Bertz CT molecular complexity index is 822. The first-order chi connectivity index (χ1) is 10.1. The monoisotopic (exact) mass is 407 g/mol. The molecule has 0 unspecified atom stereocenters. The van der Waals surface area contributed by atoms with Gasteiger partial charge in [0.25, 0.3) is 5.91 Å². The minimum absolute atomic E-state index is 0.195. The number of hydrogen-bond donors (Lipinski definition) is 3. The number of aromatic nitrogens is 1. The zero-order chi connectivity index (χ0) is 15.0. The van der Waals surface area contributed by atoms with Crippen molar-refractivity contribution in [3.63, 3.8) is 0 Å². The second-order valence-electron chi connectivity index (χ2n) is 4.56. The average molecular weight is 409 g/mol. The molecule has 21 heavy (non-hydrogen) atoms. The molecule has 0 aliphatic heterocycles. The van der Waals surface area contributed by atoms with E-state index in [2.05, 4.69) is 42.2 Å². The van der Waals surface area contributed by atoms with Gasteiger partial charge in [-0.3, -0.25) is 4.79 Å². The van der Waals surface area contributed by atoms with Crippen molar-refractivity contribution in [1.82, 2.24) is 4.98 Å². The van der Waals surface area contributed by atoms with Crippen LogP contribution in [0.5, 0.6) is 0 Å². The lowest BCUT2D eigenvalue weighted by Crippen LogP contribution is -2.12. The first kappa shape index (κ1) is 14.2. The highest BCUT2D eigenvalue weighted by molar-refractivity contribution is 9.11. The van der Waals surface area contributed by atoms with E-state index in [0.717, 1.165) is 19.8 Å². The average Bonchev–Trinajstić information content (AvgIpc) is 2.86. The molecular formula is C15H11Br2N3O. The van der Waals surface area contributed by atoms with E-state index in [1.807, 2.05) is 24.3 Å². The summed E-state index contributed by atoms with van der Waals surface area (Å²) in [7, 11) is 0. The molecule has 3 rings (SSSR count). The van der Waals surface area contributed by atoms with E-state index in [4.69, 9.17) is 5.73 Å². The zero-order valence-electron chi connectivity index (χ0n) is 10.8. The molecule has 6 heteroatoms. The third-order valence-corrected chi connectivity index (χ3v) is 4.47. The summed E-state index contributed by atoms with van der Waals surface area (Å²) in [5, 5.41) is 3.70. The summed E-state index contributed by atoms with van der Waals surface area (Å²) in [5.74, 6) is -0.195.